The molecule has 0 saturated carbocycles. The Hall–Kier alpha value is -1.51. The Labute approximate surface area is 210 Å². The quantitative estimate of drug-likeness (QED) is 0.363. The Morgan fingerprint density at radius 3 is 2.18 bits per heavy atom. The largest absolute Gasteiger partial charge is 0.331 e. The maximum Gasteiger partial charge on any atom is 0.229 e. The van der Waals surface area contributed by atoms with Crippen LogP contribution in [0.3, 0.4) is 0 Å². The predicted molar refractivity (Wildman–Crippen MR) is 141 cm³/mol. The molecular weight excluding hydrogens is 449 g/mol. The number of carbonyl (C=O) groups is 1. The molecule has 4 heteroatoms. The number of nitrogens with zero attached hydrogens (tertiary/aromatic N) is 1. The molecule has 4 atom stereocenters. The van der Waals surface area contributed by atoms with Crippen molar-refractivity contribution in [1.29, 1.82) is 0 Å². The van der Waals surface area contributed by atoms with Gasteiger partial charge in [-0.25, -0.2) is 0 Å². The number of rotatable bonds is 8. The van der Waals surface area contributed by atoms with E-state index in [-0.39, 0.29) is 23.9 Å². The molecule has 0 aliphatic carbocycles. The lowest BCUT2D eigenvalue weighted by Gasteiger charge is -2.53. The smallest absolute Gasteiger partial charge is 0.229 e. The van der Waals surface area contributed by atoms with E-state index in [1.165, 1.54) is 5.56 Å². The fourth-order valence-corrected chi connectivity index (χ4v) is 5.68. The topological polar surface area (TPSA) is 20.3 Å². The van der Waals surface area contributed by atoms with E-state index < -0.39 is 5.41 Å². The lowest BCUT2D eigenvalue weighted by molar-refractivity contribution is -0.156. The molecule has 1 amide bonds. The van der Waals surface area contributed by atoms with Crippen LogP contribution in [0.15, 0.2) is 48.5 Å². The number of halogens is 2. The summed E-state index contributed by atoms with van der Waals surface area (Å²) in [6.45, 7) is 13.3. The highest BCUT2D eigenvalue weighted by Gasteiger charge is 2.51. The van der Waals surface area contributed by atoms with E-state index in [0.29, 0.717) is 16.9 Å². The van der Waals surface area contributed by atoms with Crippen LogP contribution in [0.2, 0.25) is 10.0 Å². The van der Waals surface area contributed by atoms with Crippen LogP contribution in [0.5, 0.6) is 0 Å². The molecule has 0 spiro atoms. The SMILES string of the molecule is CC[C@@]1(C)CC(c2cccc(Cl)c2)[C@@H](c2ccc(Cl)cc2)N([C@H](CCC(C)C)C(C)C)C1=O. The van der Waals surface area contributed by atoms with Gasteiger partial charge in [-0.3, -0.25) is 4.79 Å². The normalized spacial score (nSPS) is 24.5. The first-order valence-corrected chi connectivity index (χ1v) is 13.2. The van der Waals surface area contributed by atoms with Gasteiger partial charge in [0, 0.05) is 27.4 Å². The Bertz CT molecular complexity index is 939. The molecule has 33 heavy (non-hydrogen) atoms. The van der Waals surface area contributed by atoms with E-state index in [4.69, 9.17) is 23.2 Å². The molecule has 0 N–H and O–H groups in total. The summed E-state index contributed by atoms with van der Waals surface area (Å²) in [5.41, 5.74) is 1.94. The Morgan fingerprint density at radius 2 is 1.64 bits per heavy atom. The third-order valence-electron chi connectivity index (χ3n) is 7.54. The van der Waals surface area contributed by atoms with Crippen LogP contribution in [0, 0.1) is 17.3 Å². The van der Waals surface area contributed by atoms with Gasteiger partial charge in [0.2, 0.25) is 5.91 Å². The second-order valence-electron chi connectivity index (χ2n) is 10.8. The van der Waals surface area contributed by atoms with E-state index in [1.807, 2.05) is 24.3 Å². The molecule has 2 aromatic rings. The fraction of sp³-hybridized carbons (Fsp3) is 0.552. The van der Waals surface area contributed by atoms with Gasteiger partial charge in [-0.05, 0) is 72.9 Å². The molecule has 1 aliphatic rings. The number of benzene rings is 2. The monoisotopic (exact) mass is 487 g/mol. The minimum Gasteiger partial charge on any atom is -0.331 e. The highest BCUT2D eigenvalue weighted by atomic mass is 35.5. The number of hydrogen-bond donors (Lipinski definition) is 0. The molecule has 1 fully saturated rings. The summed E-state index contributed by atoms with van der Waals surface area (Å²) in [7, 11) is 0. The first kappa shape index (κ1) is 26.1. The van der Waals surface area contributed by atoms with Gasteiger partial charge < -0.3 is 4.90 Å². The van der Waals surface area contributed by atoms with Crippen LogP contribution in [-0.2, 0) is 4.79 Å². The molecule has 1 aliphatic heterocycles. The summed E-state index contributed by atoms with van der Waals surface area (Å²) < 4.78 is 0. The molecule has 3 rings (SSSR count). The highest BCUT2D eigenvalue weighted by Crippen LogP contribution is 2.52. The lowest BCUT2D eigenvalue weighted by atomic mass is 9.66. The first-order valence-electron chi connectivity index (χ1n) is 12.4. The van der Waals surface area contributed by atoms with E-state index in [0.717, 1.165) is 36.3 Å². The van der Waals surface area contributed by atoms with Crippen LogP contribution < -0.4 is 0 Å². The van der Waals surface area contributed by atoms with Crippen LogP contribution in [0.4, 0.5) is 0 Å². The summed E-state index contributed by atoms with van der Waals surface area (Å²) in [6, 6.07) is 16.4. The van der Waals surface area contributed by atoms with Crippen molar-refractivity contribution in [3.05, 3.63) is 69.7 Å². The van der Waals surface area contributed by atoms with Crippen molar-refractivity contribution in [2.24, 2.45) is 17.3 Å². The zero-order valence-corrected chi connectivity index (χ0v) is 22.5. The lowest BCUT2D eigenvalue weighted by Crippen LogP contribution is -2.56. The zero-order valence-electron chi connectivity index (χ0n) is 20.9. The number of piperidine rings is 1. The summed E-state index contributed by atoms with van der Waals surface area (Å²) in [4.78, 5) is 16.5. The third kappa shape index (κ3) is 5.77. The van der Waals surface area contributed by atoms with E-state index >= 15 is 0 Å². The minimum atomic E-state index is -0.402. The standard InChI is InChI=1S/C29H39Cl2NO/c1-7-29(6)18-25(22-9-8-10-24(31)17-22)27(21-12-14-23(30)15-13-21)32(28(29)33)26(20(4)5)16-11-19(2)3/h8-10,12-15,17,19-20,25-27H,7,11,16,18H2,1-6H3/t25?,26-,27-,29+/m1/s1. The van der Waals surface area contributed by atoms with Crippen molar-refractivity contribution < 1.29 is 4.79 Å². The van der Waals surface area contributed by atoms with Crippen LogP contribution >= 0.6 is 23.2 Å². The molecule has 2 aromatic carbocycles. The van der Waals surface area contributed by atoms with Crippen molar-refractivity contribution in [2.45, 2.75) is 85.2 Å². The molecule has 1 unspecified atom stereocenters. The zero-order chi connectivity index (χ0) is 24.3. The molecule has 0 aromatic heterocycles. The maximum atomic E-state index is 14.2. The summed E-state index contributed by atoms with van der Waals surface area (Å²) in [5, 5.41) is 1.45. The second kappa shape index (κ2) is 10.8. The fourth-order valence-electron chi connectivity index (χ4n) is 5.36. The number of amides is 1. The van der Waals surface area contributed by atoms with E-state index in [9.17, 15) is 4.79 Å². The van der Waals surface area contributed by atoms with Gasteiger partial charge in [0.05, 0.1) is 6.04 Å². The highest BCUT2D eigenvalue weighted by molar-refractivity contribution is 6.30. The van der Waals surface area contributed by atoms with Gasteiger partial charge in [0.1, 0.15) is 0 Å². The van der Waals surface area contributed by atoms with Gasteiger partial charge in [-0.2, -0.15) is 0 Å². The molecule has 1 saturated heterocycles. The van der Waals surface area contributed by atoms with Gasteiger partial charge in [0.25, 0.3) is 0 Å². The summed E-state index contributed by atoms with van der Waals surface area (Å²) in [6.07, 6.45) is 3.74. The minimum absolute atomic E-state index is 0.0487. The molecule has 2 nitrogen and oxygen atoms in total. The van der Waals surface area contributed by atoms with Crippen LogP contribution in [0.1, 0.15) is 90.3 Å². The number of hydrogen-bond acceptors (Lipinski definition) is 1. The molecule has 180 valence electrons. The Morgan fingerprint density at radius 1 is 0.970 bits per heavy atom. The van der Waals surface area contributed by atoms with Crippen molar-refractivity contribution in [1.82, 2.24) is 4.90 Å². The van der Waals surface area contributed by atoms with Crippen molar-refractivity contribution >= 4 is 29.1 Å². The second-order valence-corrected chi connectivity index (χ2v) is 11.6. The van der Waals surface area contributed by atoms with Gasteiger partial charge in [0.15, 0.2) is 0 Å². The van der Waals surface area contributed by atoms with Crippen molar-refractivity contribution in [3.63, 3.8) is 0 Å². The average Bonchev–Trinajstić information content (AvgIpc) is 2.77. The third-order valence-corrected chi connectivity index (χ3v) is 8.02. The van der Waals surface area contributed by atoms with Crippen molar-refractivity contribution in [3.8, 4) is 0 Å². The van der Waals surface area contributed by atoms with E-state index in [2.05, 4.69) is 70.7 Å². The van der Waals surface area contributed by atoms with Crippen molar-refractivity contribution in [2.75, 3.05) is 0 Å². The number of likely N-dealkylation sites (tertiary alicyclic amines) is 1. The van der Waals surface area contributed by atoms with Gasteiger partial charge in [-0.1, -0.05) is 89.0 Å². The van der Waals surface area contributed by atoms with Gasteiger partial charge in [-0.15, -0.1) is 0 Å². The first-order chi connectivity index (χ1) is 15.6. The summed E-state index contributed by atoms with van der Waals surface area (Å²) >= 11 is 12.7. The van der Waals surface area contributed by atoms with Crippen LogP contribution in [0.25, 0.3) is 0 Å². The van der Waals surface area contributed by atoms with Gasteiger partial charge >= 0.3 is 0 Å². The number of carbonyl (C=O) groups excluding carboxylic acids is 1. The molecular formula is C29H39Cl2NO. The molecule has 0 radical (unpaired) electrons. The summed E-state index contributed by atoms with van der Waals surface area (Å²) in [5.74, 6) is 1.40. The van der Waals surface area contributed by atoms with E-state index in [1.54, 1.807) is 0 Å². The maximum absolute atomic E-state index is 14.2. The van der Waals surface area contributed by atoms with Crippen LogP contribution in [-0.4, -0.2) is 16.8 Å². The molecule has 0 bridgehead atoms. The predicted octanol–water partition coefficient (Wildman–Crippen LogP) is 8.93. The Balaban J connectivity index is 2.21. The molecule has 1 heterocycles. The average molecular weight is 489 g/mol. The Kier molecular flexibility index (Phi) is 8.56.